The summed E-state index contributed by atoms with van der Waals surface area (Å²) in [6, 6.07) is 13.6. The molecule has 0 aromatic heterocycles. The number of fused-ring (bicyclic) bond motifs is 1. The van der Waals surface area contributed by atoms with Crippen molar-refractivity contribution in [2.75, 3.05) is 13.1 Å². The number of amides is 2. The van der Waals surface area contributed by atoms with Gasteiger partial charge in [-0.1, -0.05) is 12.1 Å². The van der Waals surface area contributed by atoms with Crippen LogP contribution in [0.25, 0.3) is 0 Å². The first kappa shape index (κ1) is 23.1. The maximum atomic E-state index is 12.4. The number of hydrogen-bond acceptors (Lipinski definition) is 5. The molecule has 0 saturated heterocycles. The van der Waals surface area contributed by atoms with Crippen molar-refractivity contribution >= 4 is 11.8 Å². The van der Waals surface area contributed by atoms with Gasteiger partial charge >= 0.3 is 0 Å². The number of hydrogen-bond donors (Lipinski definition) is 1. The highest BCUT2D eigenvalue weighted by Gasteiger charge is 2.21. The summed E-state index contributed by atoms with van der Waals surface area (Å²) in [4.78, 5) is 25.2. The van der Waals surface area contributed by atoms with Crippen LogP contribution in [0.4, 0.5) is 0 Å². The summed E-state index contributed by atoms with van der Waals surface area (Å²) in [6.45, 7) is 7.23. The lowest BCUT2D eigenvalue weighted by molar-refractivity contribution is -0.132. The molecule has 1 aliphatic heterocycles. The van der Waals surface area contributed by atoms with E-state index in [-0.39, 0.29) is 17.9 Å². The Morgan fingerprint density at radius 1 is 1.19 bits per heavy atom. The summed E-state index contributed by atoms with van der Waals surface area (Å²) >= 11 is 0. The van der Waals surface area contributed by atoms with Crippen molar-refractivity contribution < 1.29 is 19.1 Å². The highest BCUT2D eigenvalue weighted by molar-refractivity contribution is 5.78. The second-order valence-electron chi connectivity index (χ2n) is 8.13. The van der Waals surface area contributed by atoms with Crippen molar-refractivity contribution in [3.8, 4) is 17.6 Å². The summed E-state index contributed by atoms with van der Waals surface area (Å²) in [5.41, 5.74) is 3.67. The number of benzene rings is 2. The minimum atomic E-state index is -0.127. The quantitative estimate of drug-likeness (QED) is 0.687. The Bertz CT molecular complexity index is 1030. The molecule has 32 heavy (non-hydrogen) atoms. The van der Waals surface area contributed by atoms with E-state index < -0.39 is 0 Å². The van der Waals surface area contributed by atoms with Crippen molar-refractivity contribution in [3.05, 3.63) is 58.7 Å². The molecule has 0 atom stereocenters. The highest BCUT2D eigenvalue weighted by Crippen LogP contribution is 2.26. The number of ether oxygens (including phenoxy) is 2. The van der Waals surface area contributed by atoms with Crippen LogP contribution in [0.1, 0.15) is 49.4 Å². The fourth-order valence-corrected chi connectivity index (χ4v) is 3.61. The third-order valence-electron chi connectivity index (χ3n) is 5.19. The minimum Gasteiger partial charge on any atom is -0.490 e. The molecule has 0 bridgehead atoms. The summed E-state index contributed by atoms with van der Waals surface area (Å²) in [5, 5.41) is 12.0. The fraction of sp³-hybridized carbons (Fsp3) is 0.400. The van der Waals surface area contributed by atoms with Crippen molar-refractivity contribution in [2.45, 2.75) is 52.9 Å². The van der Waals surface area contributed by atoms with Crippen LogP contribution in [-0.2, 0) is 29.2 Å². The van der Waals surface area contributed by atoms with E-state index >= 15 is 0 Å². The Hall–Kier alpha value is -3.53. The fourth-order valence-electron chi connectivity index (χ4n) is 3.61. The number of rotatable bonds is 8. The van der Waals surface area contributed by atoms with Crippen molar-refractivity contribution in [1.29, 1.82) is 5.26 Å². The van der Waals surface area contributed by atoms with Gasteiger partial charge in [-0.05, 0) is 61.2 Å². The van der Waals surface area contributed by atoms with Crippen LogP contribution < -0.4 is 14.8 Å². The molecular weight excluding hydrogens is 406 g/mol. The van der Waals surface area contributed by atoms with Crippen LogP contribution in [0.15, 0.2) is 36.4 Å². The highest BCUT2D eigenvalue weighted by atomic mass is 16.5. The molecular formula is C25H29N3O4. The Morgan fingerprint density at radius 3 is 2.72 bits per heavy atom. The summed E-state index contributed by atoms with van der Waals surface area (Å²) in [6.07, 6.45) is 1.07. The number of carbonyl (C=O) groups excluding carboxylic acids is 2. The van der Waals surface area contributed by atoms with E-state index in [1.807, 2.05) is 49.1 Å². The molecule has 1 N–H and O–H groups in total. The van der Waals surface area contributed by atoms with Gasteiger partial charge in [0.15, 0.2) is 0 Å². The molecule has 1 aliphatic rings. The van der Waals surface area contributed by atoms with Gasteiger partial charge in [0.25, 0.3) is 0 Å². The van der Waals surface area contributed by atoms with E-state index in [2.05, 4.69) is 11.4 Å². The normalized spacial score (nSPS) is 12.7. The second-order valence-corrected chi connectivity index (χ2v) is 8.13. The van der Waals surface area contributed by atoms with Gasteiger partial charge in [-0.15, -0.1) is 0 Å². The molecule has 0 saturated carbocycles. The van der Waals surface area contributed by atoms with E-state index in [4.69, 9.17) is 9.47 Å². The van der Waals surface area contributed by atoms with Gasteiger partial charge < -0.3 is 19.7 Å². The van der Waals surface area contributed by atoms with E-state index in [0.717, 1.165) is 23.3 Å². The zero-order valence-corrected chi connectivity index (χ0v) is 18.8. The van der Waals surface area contributed by atoms with E-state index in [1.165, 1.54) is 12.5 Å². The van der Waals surface area contributed by atoms with E-state index in [9.17, 15) is 14.9 Å². The third kappa shape index (κ3) is 6.24. The molecule has 3 rings (SSSR count). The average molecular weight is 436 g/mol. The average Bonchev–Trinajstić information content (AvgIpc) is 2.77. The Labute approximate surface area is 188 Å². The Morgan fingerprint density at radius 2 is 2.00 bits per heavy atom. The van der Waals surface area contributed by atoms with Gasteiger partial charge in [-0.25, -0.2) is 0 Å². The molecule has 168 valence electrons. The van der Waals surface area contributed by atoms with Crippen LogP contribution in [0.5, 0.6) is 11.5 Å². The lowest BCUT2D eigenvalue weighted by atomic mass is 9.99. The first-order chi connectivity index (χ1) is 15.4. The van der Waals surface area contributed by atoms with Crippen molar-refractivity contribution in [2.24, 2.45) is 0 Å². The van der Waals surface area contributed by atoms with Gasteiger partial charge in [0, 0.05) is 33.0 Å². The molecule has 1 heterocycles. The molecule has 0 unspecified atom stereocenters. The maximum Gasteiger partial charge on any atom is 0.224 e. The zero-order chi connectivity index (χ0) is 23.1. The van der Waals surface area contributed by atoms with Gasteiger partial charge in [-0.2, -0.15) is 5.26 Å². The third-order valence-corrected chi connectivity index (χ3v) is 5.19. The lowest BCUT2D eigenvalue weighted by Gasteiger charge is -2.29. The molecule has 0 radical (unpaired) electrons. The van der Waals surface area contributed by atoms with Crippen molar-refractivity contribution in [1.82, 2.24) is 10.2 Å². The van der Waals surface area contributed by atoms with Crippen molar-refractivity contribution in [3.63, 3.8) is 0 Å². The van der Waals surface area contributed by atoms with Crippen LogP contribution in [0.2, 0.25) is 0 Å². The monoisotopic (exact) mass is 435 g/mol. The minimum absolute atomic E-state index is 0.00289. The molecule has 0 spiro atoms. The SMILES string of the molecule is CC(=O)NCCC(=O)N1CCc2cc(OCc3ccc(OC(C)C)c(C#N)c3)ccc2C1. The Kier molecular flexibility index (Phi) is 7.72. The summed E-state index contributed by atoms with van der Waals surface area (Å²) in [5.74, 6) is 1.26. The van der Waals surface area contributed by atoms with Crippen LogP contribution in [-0.4, -0.2) is 35.9 Å². The molecule has 0 fully saturated rings. The van der Waals surface area contributed by atoms with Gasteiger partial charge in [0.1, 0.15) is 24.2 Å². The predicted molar refractivity (Wildman–Crippen MR) is 120 cm³/mol. The molecule has 7 heteroatoms. The van der Waals surface area contributed by atoms with Gasteiger partial charge in [0.2, 0.25) is 11.8 Å². The number of nitrogens with one attached hydrogen (secondary N) is 1. The largest absolute Gasteiger partial charge is 0.490 e. The van der Waals surface area contributed by atoms with Crippen LogP contribution >= 0.6 is 0 Å². The molecule has 7 nitrogen and oxygen atoms in total. The molecule has 2 aromatic rings. The standard InChI is InChI=1S/C25H29N3O4/c1-17(2)32-24-7-4-19(12-22(24)14-26)16-31-23-6-5-21-15-28(11-9-20(21)13-23)25(30)8-10-27-18(3)29/h4-7,12-13,17H,8-11,15-16H2,1-3H3,(H,27,29). The van der Waals surface area contributed by atoms with E-state index in [1.54, 1.807) is 6.07 Å². The predicted octanol–water partition coefficient (Wildman–Crippen LogP) is 3.34. The first-order valence-corrected chi connectivity index (χ1v) is 10.8. The van der Waals surface area contributed by atoms with Gasteiger partial charge in [0.05, 0.1) is 11.7 Å². The summed E-state index contributed by atoms with van der Waals surface area (Å²) in [7, 11) is 0. The lowest BCUT2D eigenvalue weighted by Crippen LogP contribution is -2.37. The van der Waals surface area contributed by atoms with E-state index in [0.29, 0.717) is 44.0 Å². The number of nitriles is 1. The molecule has 2 aromatic carbocycles. The smallest absolute Gasteiger partial charge is 0.224 e. The summed E-state index contributed by atoms with van der Waals surface area (Å²) < 4.78 is 11.6. The van der Waals surface area contributed by atoms with Gasteiger partial charge in [-0.3, -0.25) is 9.59 Å². The molecule has 0 aliphatic carbocycles. The topological polar surface area (TPSA) is 91.7 Å². The second kappa shape index (κ2) is 10.7. The van der Waals surface area contributed by atoms with Crippen LogP contribution in [0, 0.1) is 11.3 Å². The first-order valence-electron chi connectivity index (χ1n) is 10.8. The maximum absolute atomic E-state index is 12.4. The van der Waals surface area contributed by atoms with Crippen LogP contribution in [0.3, 0.4) is 0 Å². The zero-order valence-electron chi connectivity index (χ0n) is 18.8. The molecule has 2 amide bonds. The Balaban J connectivity index is 1.58. The number of carbonyl (C=O) groups is 2. The number of nitrogens with zero attached hydrogens (tertiary/aromatic N) is 2.